The predicted molar refractivity (Wildman–Crippen MR) is 91.0 cm³/mol. The van der Waals surface area contributed by atoms with Gasteiger partial charge < -0.3 is 5.32 Å². The molecule has 124 valence electrons. The number of thiazole rings is 1. The fraction of sp³-hybridized carbons (Fsp3) is 0.250. The van der Waals surface area contributed by atoms with E-state index in [1.54, 1.807) is 6.20 Å². The van der Waals surface area contributed by atoms with Crippen LogP contribution in [-0.4, -0.2) is 34.2 Å². The fourth-order valence-corrected chi connectivity index (χ4v) is 3.47. The van der Waals surface area contributed by atoms with E-state index in [-0.39, 0.29) is 31.2 Å². The summed E-state index contributed by atoms with van der Waals surface area (Å²) in [6, 6.07) is 7.54. The van der Waals surface area contributed by atoms with Crippen molar-refractivity contribution in [3.8, 4) is 0 Å². The monoisotopic (exact) mass is 363 g/mol. The van der Waals surface area contributed by atoms with Crippen molar-refractivity contribution in [2.75, 3.05) is 11.9 Å². The third-order valence-corrected chi connectivity index (χ3v) is 4.67. The number of carbonyl (C=O) groups excluding carboxylic acids is 3. The van der Waals surface area contributed by atoms with E-state index in [2.05, 4.69) is 10.3 Å². The van der Waals surface area contributed by atoms with E-state index in [1.165, 1.54) is 11.3 Å². The summed E-state index contributed by atoms with van der Waals surface area (Å²) in [6.07, 6.45) is 2.70. The van der Waals surface area contributed by atoms with E-state index < -0.39 is 5.91 Å². The maximum atomic E-state index is 12.0. The molecule has 1 N–H and O–H groups in total. The summed E-state index contributed by atoms with van der Waals surface area (Å²) in [6.45, 7) is -0.263. The van der Waals surface area contributed by atoms with Gasteiger partial charge in [0.05, 0.1) is 0 Å². The molecule has 8 heteroatoms. The number of hydrogen-bond acceptors (Lipinski definition) is 5. The number of nitrogens with zero attached hydrogens (tertiary/aromatic N) is 2. The molecule has 2 heterocycles. The van der Waals surface area contributed by atoms with Gasteiger partial charge in [0.1, 0.15) is 6.54 Å². The number of nitrogens with one attached hydrogen (secondary N) is 1. The molecule has 1 aromatic heterocycles. The number of carbonyl (C=O) groups is 3. The Balaban J connectivity index is 1.58. The van der Waals surface area contributed by atoms with Crippen molar-refractivity contribution in [3.63, 3.8) is 0 Å². The van der Waals surface area contributed by atoms with Gasteiger partial charge in [-0.25, -0.2) is 4.98 Å². The molecule has 0 radical (unpaired) electrons. The number of likely N-dealkylation sites (tertiary alicyclic amines) is 1. The highest BCUT2D eigenvalue weighted by molar-refractivity contribution is 7.15. The van der Waals surface area contributed by atoms with Crippen LogP contribution in [0.3, 0.4) is 0 Å². The van der Waals surface area contributed by atoms with Gasteiger partial charge in [-0.15, -0.1) is 11.3 Å². The second-order valence-corrected chi connectivity index (χ2v) is 6.91. The standard InChI is InChI=1S/C16H14ClN3O3S/c17-11-3-1-2-10(6-11)7-12-8-18-16(24-12)19-13(21)9-20-14(22)4-5-15(20)23/h1-3,6,8H,4-5,7,9H2,(H,18,19,21). The van der Waals surface area contributed by atoms with E-state index in [0.29, 0.717) is 16.6 Å². The lowest BCUT2D eigenvalue weighted by Gasteiger charge is -2.12. The van der Waals surface area contributed by atoms with Gasteiger partial charge in [0.2, 0.25) is 17.7 Å². The Bertz CT molecular complexity index is 789. The number of benzene rings is 1. The first-order chi connectivity index (χ1) is 11.5. The van der Waals surface area contributed by atoms with Gasteiger partial charge in [0, 0.05) is 35.4 Å². The van der Waals surface area contributed by atoms with Crippen molar-refractivity contribution < 1.29 is 14.4 Å². The lowest BCUT2D eigenvalue weighted by molar-refractivity contribution is -0.141. The largest absolute Gasteiger partial charge is 0.300 e. The van der Waals surface area contributed by atoms with Crippen LogP contribution in [0.5, 0.6) is 0 Å². The van der Waals surface area contributed by atoms with Gasteiger partial charge in [-0.05, 0) is 17.7 Å². The van der Waals surface area contributed by atoms with Crippen molar-refractivity contribution in [3.05, 3.63) is 45.9 Å². The normalized spacial score (nSPS) is 14.3. The minimum atomic E-state index is -0.428. The highest BCUT2D eigenvalue weighted by Gasteiger charge is 2.30. The van der Waals surface area contributed by atoms with Gasteiger partial charge in [-0.2, -0.15) is 0 Å². The Morgan fingerprint density at radius 3 is 2.75 bits per heavy atom. The average molecular weight is 364 g/mol. The lowest BCUT2D eigenvalue weighted by atomic mass is 10.1. The average Bonchev–Trinajstić information content (AvgIpc) is 3.08. The van der Waals surface area contributed by atoms with E-state index in [9.17, 15) is 14.4 Å². The minimum absolute atomic E-state index is 0.174. The van der Waals surface area contributed by atoms with Crippen LogP contribution < -0.4 is 5.32 Å². The van der Waals surface area contributed by atoms with Crippen LogP contribution in [0.15, 0.2) is 30.5 Å². The van der Waals surface area contributed by atoms with Gasteiger partial charge in [0.25, 0.3) is 0 Å². The van der Waals surface area contributed by atoms with Crippen LogP contribution in [0, 0.1) is 0 Å². The van der Waals surface area contributed by atoms with Crippen LogP contribution in [0.25, 0.3) is 0 Å². The lowest BCUT2D eigenvalue weighted by Crippen LogP contribution is -2.36. The van der Waals surface area contributed by atoms with Gasteiger partial charge >= 0.3 is 0 Å². The van der Waals surface area contributed by atoms with E-state index in [4.69, 9.17) is 11.6 Å². The molecule has 0 saturated carbocycles. The zero-order valence-corrected chi connectivity index (χ0v) is 14.2. The van der Waals surface area contributed by atoms with E-state index in [0.717, 1.165) is 15.3 Å². The van der Waals surface area contributed by atoms with Gasteiger partial charge in [-0.1, -0.05) is 23.7 Å². The van der Waals surface area contributed by atoms with Crippen LogP contribution in [0.2, 0.25) is 5.02 Å². The molecule has 0 unspecified atom stereocenters. The topological polar surface area (TPSA) is 79.4 Å². The molecule has 0 aliphatic carbocycles. The summed E-state index contributed by atoms with van der Waals surface area (Å²) in [5.74, 6) is -1.05. The second kappa shape index (κ2) is 7.11. The number of hydrogen-bond donors (Lipinski definition) is 1. The van der Waals surface area contributed by atoms with Gasteiger partial charge in [-0.3, -0.25) is 19.3 Å². The molecule has 24 heavy (non-hydrogen) atoms. The Hall–Kier alpha value is -2.25. The molecule has 0 atom stereocenters. The number of imide groups is 1. The van der Waals surface area contributed by atoms with Crippen molar-refractivity contribution in [1.29, 1.82) is 0 Å². The third-order valence-electron chi connectivity index (χ3n) is 3.52. The first kappa shape index (κ1) is 16.6. The predicted octanol–water partition coefficient (Wildman–Crippen LogP) is 2.47. The number of aromatic nitrogens is 1. The molecular formula is C16H14ClN3O3S. The van der Waals surface area contributed by atoms with Crippen LogP contribution in [0.4, 0.5) is 5.13 Å². The molecule has 1 fully saturated rings. The summed E-state index contributed by atoms with van der Waals surface area (Å²) in [5.41, 5.74) is 1.05. The van der Waals surface area contributed by atoms with Gasteiger partial charge in [0.15, 0.2) is 5.13 Å². The first-order valence-electron chi connectivity index (χ1n) is 7.33. The van der Waals surface area contributed by atoms with Crippen molar-refractivity contribution >= 4 is 45.8 Å². The summed E-state index contributed by atoms with van der Waals surface area (Å²) >= 11 is 7.31. The molecule has 1 saturated heterocycles. The smallest absolute Gasteiger partial charge is 0.246 e. The van der Waals surface area contributed by atoms with Crippen molar-refractivity contribution in [2.45, 2.75) is 19.3 Å². The van der Waals surface area contributed by atoms with Crippen molar-refractivity contribution in [2.24, 2.45) is 0 Å². The van der Waals surface area contributed by atoms with E-state index in [1.807, 2.05) is 24.3 Å². The minimum Gasteiger partial charge on any atom is -0.300 e. The first-order valence-corrected chi connectivity index (χ1v) is 8.53. The fourth-order valence-electron chi connectivity index (χ4n) is 2.40. The molecule has 0 spiro atoms. The third kappa shape index (κ3) is 3.98. The zero-order chi connectivity index (χ0) is 17.1. The number of rotatable bonds is 5. The number of halogens is 1. The Morgan fingerprint density at radius 2 is 2.04 bits per heavy atom. The van der Waals surface area contributed by atoms with Crippen LogP contribution >= 0.6 is 22.9 Å². The Labute approximate surface area is 147 Å². The molecule has 3 rings (SSSR count). The molecule has 0 bridgehead atoms. The molecule has 6 nitrogen and oxygen atoms in total. The second-order valence-electron chi connectivity index (χ2n) is 5.36. The molecule has 1 aliphatic rings. The van der Waals surface area contributed by atoms with Crippen LogP contribution in [-0.2, 0) is 20.8 Å². The molecule has 1 aliphatic heterocycles. The molecule has 2 aromatic rings. The summed E-state index contributed by atoms with van der Waals surface area (Å²) in [4.78, 5) is 41.1. The highest BCUT2D eigenvalue weighted by Crippen LogP contribution is 2.22. The zero-order valence-electron chi connectivity index (χ0n) is 12.6. The number of anilines is 1. The summed E-state index contributed by atoms with van der Waals surface area (Å²) in [5, 5.41) is 3.74. The summed E-state index contributed by atoms with van der Waals surface area (Å²) < 4.78 is 0. The van der Waals surface area contributed by atoms with Crippen molar-refractivity contribution in [1.82, 2.24) is 9.88 Å². The molecular weight excluding hydrogens is 350 g/mol. The highest BCUT2D eigenvalue weighted by atomic mass is 35.5. The summed E-state index contributed by atoms with van der Waals surface area (Å²) in [7, 11) is 0. The Kier molecular flexibility index (Phi) is 4.92. The molecule has 3 amide bonds. The quantitative estimate of drug-likeness (QED) is 0.827. The van der Waals surface area contributed by atoms with E-state index >= 15 is 0 Å². The van der Waals surface area contributed by atoms with Crippen LogP contribution in [0.1, 0.15) is 23.3 Å². The number of amides is 3. The maximum Gasteiger partial charge on any atom is 0.246 e. The SMILES string of the molecule is O=C(CN1C(=O)CCC1=O)Nc1ncc(Cc2cccc(Cl)c2)s1. The molecule has 1 aromatic carbocycles. The maximum absolute atomic E-state index is 12.0. The Morgan fingerprint density at radius 1 is 1.29 bits per heavy atom.